The highest BCUT2D eigenvalue weighted by molar-refractivity contribution is 5.16. The van der Waals surface area contributed by atoms with Crippen molar-refractivity contribution in [3.8, 4) is 0 Å². The summed E-state index contributed by atoms with van der Waals surface area (Å²) in [7, 11) is 0. The maximum Gasteiger partial charge on any atom is 0.262 e. The molecule has 1 aliphatic carbocycles. The van der Waals surface area contributed by atoms with Gasteiger partial charge in [0.1, 0.15) is 0 Å². The average Bonchev–Trinajstić information content (AvgIpc) is 2.68. The largest absolute Gasteiger partial charge is 0.303 e. The summed E-state index contributed by atoms with van der Waals surface area (Å²) in [5, 5.41) is 0. The van der Waals surface area contributed by atoms with Crippen LogP contribution in [0.1, 0.15) is 25.7 Å². The molecule has 15 heavy (non-hydrogen) atoms. The van der Waals surface area contributed by atoms with Crippen molar-refractivity contribution in [2.45, 2.75) is 37.1 Å². The Hall–Kier alpha value is -0.260. The molecule has 1 atom stereocenters. The lowest BCUT2D eigenvalue weighted by atomic mass is 9.88. The summed E-state index contributed by atoms with van der Waals surface area (Å²) in [5.41, 5.74) is -0.149. The van der Waals surface area contributed by atoms with Crippen LogP contribution in [0.4, 0.5) is 8.78 Å². The number of nitrogens with two attached hydrogens (primary N) is 1. The number of nitrogens with zero attached hydrogens (tertiary/aromatic N) is 1. The fraction of sp³-hybridized carbons (Fsp3) is 1.00. The van der Waals surface area contributed by atoms with Gasteiger partial charge in [0.15, 0.2) is 0 Å². The van der Waals surface area contributed by atoms with E-state index in [1.807, 2.05) is 4.90 Å². The maximum absolute atomic E-state index is 13.4. The Morgan fingerprint density at radius 1 is 1.20 bits per heavy atom. The Kier molecular flexibility index (Phi) is 1.79. The Balaban J connectivity index is 1.85. The van der Waals surface area contributed by atoms with E-state index < -0.39 is 11.5 Å². The number of rotatable bonds is 2. The first-order valence-electron chi connectivity index (χ1n) is 5.44. The molecular formula is C10H16F2N2O. The number of hydrogen-bond donors (Lipinski definition) is 1. The van der Waals surface area contributed by atoms with Crippen LogP contribution in [0.2, 0.25) is 0 Å². The summed E-state index contributed by atoms with van der Waals surface area (Å²) >= 11 is 0. The molecule has 0 radical (unpaired) electrons. The molecule has 0 aromatic rings. The van der Waals surface area contributed by atoms with Crippen LogP contribution in [-0.2, 0) is 4.84 Å². The highest BCUT2D eigenvalue weighted by Gasteiger charge is 2.65. The van der Waals surface area contributed by atoms with Crippen molar-refractivity contribution < 1.29 is 13.6 Å². The molecule has 1 spiro atoms. The van der Waals surface area contributed by atoms with Crippen LogP contribution >= 0.6 is 0 Å². The first kappa shape index (κ1) is 9.93. The summed E-state index contributed by atoms with van der Waals surface area (Å²) in [6.45, 7) is 0.939. The van der Waals surface area contributed by atoms with Gasteiger partial charge in [-0.05, 0) is 24.7 Å². The molecule has 86 valence electrons. The van der Waals surface area contributed by atoms with E-state index in [1.54, 1.807) is 0 Å². The zero-order valence-corrected chi connectivity index (χ0v) is 8.64. The van der Waals surface area contributed by atoms with Gasteiger partial charge in [-0.2, -0.15) is 0 Å². The van der Waals surface area contributed by atoms with Gasteiger partial charge in [0.25, 0.3) is 5.92 Å². The highest BCUT2D eigenvalue weighted by atomic mass is 19.3. The second kappa shape index (κ2) is 2.70. The molecule has 2 saturated heterocycles. The second-order valence-corrected chi connectivity index (χ2v) is 5.60. The predicted octanol–water partition coefficient (Wildman–Crippen LogP) is 1.14. The van der Waals surface area contributed by atoms with Gasteiger partial charge < -0.3 is 4.84 Å². The van der Waals surface area contributed by atoms with E-state index in [0.717, 1.165) is 13.0 Å². The predicted molar refractivity (Wildman–Crippen MR) is 50.3 cm³/mol. The minimum atomic E-state index is -2.56. The lowest BCUT2D eigenvalue weighted by molar-refractivity contribution is 0.000347. The Bertz CT molecular complexity index is 281. The molecule has 0 aromatic carbocycles. The zero-order chi connectivity index (χ0) is 10.7. The smallest absolute Gasteiger partial charge is 0.262 e. The van der Waals surface area contributed by atoms with E-state index in [4.69, 9.17) is 5.90 Å². The van der Waals surface area contributed by atoms with Crippen molar-refractivity contribution in [2.24, 2.45) is 11.3 Å². The van der Waals surface area contributed by atoms with Gasteiger partial charge in [-0.15, -0.1) is 0 Å². The van der Waals surface area contributed by atoms with E-state index in [1.165, 1.54) is 12.8 Å². The number of halogens is 2. The monoisotopic (exact) mass is 218 g/mol. The number of fused-ring (bicyclic) bond motifs is 1. The molecule has 5 heteroatoms. The Morgan fingerprint density at radius 3 is 2.53 bits per heavy atom. The van der Waals surface area contributed by atoms with Crippen LogP contribution in [0.3, 0.4) is 0 Å². The molecule has 2 N–H and O–H groups in total. The van der Waals surface area contributed by atoms with Gasteiger partial charge in [-0.1, -0.05) is 0 Å². The molecule has 1 saturated carbocycles. The summed E-state index contributed by atoms with van der Waals surface area (Å²) in [5.74, 6) is 2.52. The molecule has 0 amide bonds. The number of hydrogen-bond acceptors (Lipinski definition) is 3. The summed E-state index contributed by atoms with van der Waals surface area (Å²) in [4.78, 5) is 6.58. The zero-order valence-electron chi connectivity index (χ0n) is 8.64. The van der Waals surface area contributed by atoms with Crippen LogP contribution in [0.25, 0.3) is 0 Å². The minimum Gasteiger partial charge on any atom is -0.303 e. The van der Waals surface area contributed by atoms with Crippen molar-refractivity contribution in [1.82, 2.24) is 4.90 Å². The van der Waals surface area contributed by atoms with Gasteiger partial charge >= 0.3 is 0 Å². The third-order valence-corrected chi connectivity index (χ3v) is 4.22. The molecule has 0 bridgehead atoms. The van der Waals surface area contributed by atoms with Gasteiger partial charge in [-0.3, -0.25) is 4.90 Å². The average molecular weight is 218 g/mol. The Labute approximate surface area is 87.5 Å². The topological polar surface area (TPSA) is 38.5 Å². The van der Waals surface area contributed by atoms with E-state index in [-0.39, 0.29) is 19.6 Å². The van der Waals surface area contributed by atoms with Crippen LogP contribution < -0.4 is 5.90 Å². The summed E-state index contributed by atoms with van der Waals surface area (Å²) in [6, 6.07) is 0. The van der Waals surface area contributed by atoms with E-state index in [0.29, 0.717) is 5.41 Å². The summed E-state index contributed by atoms with van der Waals surface area (Å²) < 4.78 is 26.7. The summed E-state index contributed by atoms with van der Waals surface area (Å²) in [6.07, 6.45) is 3.12. The van der Waals surface area contributed by atoms with E-state index >= 15 is 0 Å². The molecule has 2 aliphatic heterocycles. The third-order valence-electron chi connectivity index (χ3n) is 4.22. The molecule has 1 unspecified atom stereocenters. The van der Waals surface area contributed by atoms with Crippen LogP contribution in [-0.4, -0.2) is 36.1 Å². The lowest BCUT2D eigenvalue weighted by Crippen LogP contribution is -2.43. The fourth-order valence-corrected chi connectivity index (χ4v) is 3.51. The van der Waals surface area contributed by atoms with Crippen LogP contribution in [0.15, 0.2) is 0 Å². The quantitative estimate of drug-likeness (QED) is 0.706. The van der Waals surface area contributed by atoms with Crippen molar-refractivity contribution in [3.05, 3.63) is 0 Å². The third kappa shape index (κ3) is 1.40. The van der Waals surface area contributed by atoms with E-state index in [2.05, 4.69) is 4.84 Å². The first-order valence-corrected chi connectivity index (χ1v) is 5.44. The first-order chi connectivity index (χ1) is 6.99. The van der Waals surface area contributed by atoms with Crippen LogP contribution in [0, 0.1) is 5.41 Å². The molecule has 3 aliphatic rings. The number of alkyl halides is 2. The lowest BCUT2D eigenvalue weighted by Gasteiger charge is -2.29. The normalized spacial score (nSPS) is 41.0. The fourth-order valence-electron chi connectivity index (χ4n) is 3.51. The second-order valence-electron chi connectivity index (χ2n) is 5.60. The molecule has 3 nitrogen and oxygen atoms in total. The Morgan fingerprint density at radius 2 is 1.93 bits per heavy atom. The van der Waals surface area contributed by atoms with Gasteiger partial charge in [0, 0.05) is 13.0 Å². The van der Waals surface area contributed by atoms with E-state index in [9.17, 15) is 8.78 Å². The van der Waals surface area contributed by atoms with Gasteiger partial charge in [-0.25, -0.2) is 14.7 Å². The van der Waals surface area contributed by atoms with Crippen molar-refractivity contribution in [3.63, 3.8) is 0 Å². The highest BCUT2D eigenvalue weighted by Crippen LogP contribution is 2.62. The standard InChI is InChI=1S/C10H16F2N2O/c11-10(12)4-9(7-15-13)3-8(1-2-8)5-14(9)6-10/h1-7,13H2. The van der Waals surface area contributed by atoms with Gasteiger partial charge in [0.05, 0.1) is 18.7 Å². The molecule has 2 heterocycles. The van der Waals surface area contributed by atoms with Crippen molar-refractivity contribution in [2.75, 3.05) is 19.7 Å². The minimum absolute atomic E-state index is 0.0844. The molecule has 3 fully saturated rings. The molecule has 3 rings (SSSR count). The van der Waals surface area contributed by atoms with Crippen molar-refractivity contribution in [1.29, 1.82) is 0 Å². The maximum atomic E-state index is 13.4. The SMILES string of the molecule is NOCC12CC(F)(F)CN1CC1(CC1)C2. The van der Waals surface area contributed by atoms with Crippen LogP contribution in [0.5, 0.6) is 0 Å². The molecule has 0 aromatic heterocycles. The molecular weight excluding hydrogens is 202 g/mol. The van der Waals surface area contributed by atoms with Crippen molar-refractivity contribution >= 4 is 0 Å². The van der Waals surface area contributed by atoms with Gasteiger partial charge in [0.2, 0.25) is 0 Å².